The van der Waals surface area contributed by atoms with Crippen molar-refractivity contribution in [3.8, 4) is 5.75 Å². The van der Waals surface area contributed by atoms with Crippen molar-refractivity contribution in [2.75, 3.05) is 39.8 Å². The topological polar surface area (TPSA) is 66.4 Å². The van der Waals surface area contributed by atoms with E-state index in [9.17, 15) is 4.79 Å². The van der Waals surface area contributed by atoms with E-state index < -0.39 is 0 Å². The maximum absolute atomic E-state index is 12.5. The van der Waals surface area contributed by atoms with Crippen LogP contribution in [0.15, 0.2) is 29.3 Å². The van der Waals surface area contributed by atoms with Gasteiger partial charge in [-0.15, -0.1) is 24.0 Å². The summed E-state index contributed by atoms with van der Waals surface area (Å²) in [7, 11) is 1.80. The summed E-state index contributed by atoms with van der Waals surface area (Å²) in [5, 5.41) is 3.42. The SMILES string of the molecule is CN=C(NCc1ccc(OC(C)C)cc1)N1CCN(C(=O)C2CCCO2)CC1.I. The van der Waals surface area contributed by atoms with E-state index in [1.165, 1.54) is 5.56 Å². The number of amides is 1. The minimum atomic E-state index is -0.230. The first-order chi connectivity index (χ1) is 13.6. The van der Waals surface area contributed by atoms with Gasteiger partial charge in [0.15, 0.2) is 5.96 Å². The van der Waals surface area contributed by atoms with Gasteiger partial charge in [-0.1, -0.05) is 12.1 Å². The molecule has 0 aliphatic carbocycles. The Kier molecular flexibility index (Phi) is 9.48. The van der Waals surface area contributed by atoms with E-state index in [0.29, 0.717) is 26.2 Å². The molecule has 0 radical (unpaired) electrons. The molecule has 0 spiro atoms. The lowest BCUT2D eigenvalue weighted by Gasteiger charge is -2.37. The minimum Gasteiger partial charge on any atom is -0.491 e. The number of carbonyl (C=O) groups is 1. The Morgan fingerprint density at radius 2 is 1.86 bits per heavy atom. The van der Waals surface area contributed by atoms with Crippen molar-refractivity contribution in [2.24, 2.45) is 4.99 Å². The summed E-state index contributed by atoms with van der Waals surface area (Å²) in [5.41, 5.74) is 1.17. The zero-order valence-electron chi connectivity index (χ0n) is 17.6. The number of aliphatic imine (C=N–C) groups is 1. The van der Waals surface area contributed by atoms with E-state index in [1.54, 1.807) is 7.05 Å². The lowest BCUT2D eigenvalue weighted by molar-refractivity contribution is -0.142. The molecule has 2 saturated heterocycles. The third kappa shape index (κ3) is 6.74. The molecule has 2 heterocycles. The van der Waals surface area contributed by atoms with Gasteiger partial charge in [0.1, 0.15) is 11.9 Å². The number of hydrogen-bond donors (Lipinski definition) is 1. The van der Waals surface area contributed by atoms with Gasteiger partial charge in [0.25, 0.3) is 5.91 Å². The van der Waals surface area contributed by atoms with Crippen LogP contribution in [0.5, 0.6) is 5.75 Å². The normalized spacial score (nSPS) is 19.9. The average molecular weight is 516 g/mol. The number of nitrogens with zero attached hydrogens (tertiary/aromatic N) is 3. The smallest absolute Gasteiger partial charge is 0.251 e. The van der Waals surface area contributed by atoms with Crippen LogP contribution in [0.4, 0.5) is 0 Å². The second kappa shape index (κ2) is 11.6. The number of benzene rings is 1. The second-order valence-corrected chi connectivity index (χ2v) is 7.53. The molecule has 1 N–H and O–H groups in total. The summed E-state index contributed by atoms with van der Waals surface area (Å²) in [4.78, 5) is 21.0. The lowest BCUT2D eigenvalue weighted by Crippen LogP contribution is -2.55. The van der Waals surface area contributed by atoms with Crippen molar-refractivity contribution in [1.82, 2.24) is 15.1 Å². The van der Waals surface area contributed by atoms with Crippen LogP contribution >= 0.6 is 24.0 Å². The number of halogens is 1. The van der Waals surface area contributed by atoms with E-state index in [1.807, 2.05) is 30.9 Å². The van der Waals surface area contributed by atoms with Crippen molar-refractivity contribution in [1.29, 1.82) is 0 Å². The minimum absolute atomic E-state index is 0. The Labute approximate surface area is 190 Å². The molecular weight excluding hydrogens is 483 g/mol. The van der Waals surface area contributed by atoms with Crippen LogP contribution in [-0.4, -0.2) is 73.7 Å². The van der Waals surface area contributed by atoms with Crippen molar-refractivity contribution in [2.45, 2.75) is 45.4 Å². The molecule has 29 heavy (non-hydrogen) atoms. The van der Waals surface area contributed by atoms with Gasteiger partial charge in [0, 0.05) is 46.4 Å². The fourth-order valence-corrected chi connectivity index (χ4v) is 3.59. The highest BCUT2D eigenvalue weighted by atomic mass is 127. The predicted molar refractivity (Wildman–Crippen MR) is 125 cm³/mol. The van der Waals surface area contributed by atoms with Crippen molar-refractivity contribution < 1.29 is 14.3 Å². The standard InChI is InChI=1S/C21H32N4O3.HI/c1-16(2)28-18-8-6-17(7-9-18)15-23-21(22-3)25-12-10-24(11-13-25)20(26)19-5-4-14-27-19;/h6-9,16,19H,4-5,10-15H2,1-3H3,(H,22,23);1H. The number of hydrogen-bond acceptors (Lipinski definition) is 4. The van der Waals surface area contributed by atoms with Gasteiger partial charge in [-0.2, -0.15) is 0 Å². The van der Waals surface area contributed by atoms with Crippen molar-refractivity contribution in [3.05, 3.63) is 29.8 Å². The van der Waals surface area contributed by atoms with Gasteiger partial charge < -0.3 is 24.6 Å². The molecule has 7 nitrogen and oxygen atoms in total. The van der Waals surface area contributed by atoms with Gasteiger partial charge in [-0.3, -0.25) is 9.79 Å². The predicted octanol–water partition coefficient (Wildman–Crippen LogP) is 2.49. The van der Waals surface area contributed by atoms with Crippen LogP contribution in [0.3, 0.4) is 0 Å². The summed E-state index contributed by atoms with van der Waals surface area (Å²) in [6.07, 6.45) is 1.78. The Morgan fingerprint density at radius 1 is 1.21 bits per heavy atom. The fraction of sp³-hybridized carbons (Fsp3) is 0.619. The molecule has 0 aromatic heterocycles. The molecule has 1 atom stereocenters. The zero-order valence-corrected chi connectivity index (χ0v) is 19.9. The molecule has 8 heteroatoms. The largest absolute Gasteiger partial charge is 0.491 e. The summed E-state index contributed by atoms with van der Waals surface area (Å²) >= 11 is 0. The monoisotopic (exact) mass is 516 g/mol. The molecule has 0 saturated carbocycles. The molecule has 2 fully saturated rings. The first-order valence-corrected chi connectivity index (χ1v) is 10.2. The number of piperazine rings is 1. The van der Waals surface area contributed by atoms with Gasteiger partial charge in [0.05, 0.1) is 6.10 Å². The second-order valence-electron chi connectivity index (χ2n) is 7.53. The van der Waals surface area contributed by atoms with Crippen LogP contribution in [-0.2, 0) is 16.1 Å². The average Bonchev–Trinajstić information content (AvgIpc) is 3.24. The van der Waals surface area contributed by atoms with Crippen LogP contribution < -0.4 is 10.1 Å². The summed E-state index contributed by atoms with van der Waals surface area (Å²) in [5.74, 6) is 1.89. The maximum atomic E-state index is 12.5. The van der Waals surface area contributed by atoms with Crippen LogP contribution in [0, 0.1) is 0 Å². The number of nitrogens with one attached hydrogen (secondary N) is 1. The first-order valence-electron chi connectivity index (χ1n) is 10.2. The lowest BCUT2D eigenvalue weighted by atomic mass is 10.2. The number of guanidine groups is 1. The Morgan fingerprint density at radius 3 is 2.41 bits per heavy atom. The van der Waals surface area contributed by atoms with E-state index in [0.717, 1.165) is 37.6 Å². The van der Waals surface area contributed by atoms with Gasteiger partial charge in [-0.25, -0.2) is 0 Å². The highest BCUT2D eigenvalue weighted by Crippen LogP contribution is 2.16. The molecular formula is C21H33IN4O3. The van der Waals surface area contributed by atoms with Gasteiger partial charge in [-0.05, 0) is 44.4 Å². The third-order valence-corrected chi connectivity index (χ3v) is 5.05. The van der Waals surface area contributed by atoms with Crippen LogP contribution in [0.25, 0.3) is 0 Å². The fourth-order valence-electron chi connectivity index (χ4n) is 3.59. The molecule has 1 aromatic carbocycles. The third-order valence-electron chi connectivity index (χ3n) is 5.05. The van der Waals surface area contributed by atoms with Crippen LogP contribution in [0.2, 0.25) is 0 Å². The number of ether oxygens (including phenoxy) is 2. The van der Waals surface area contributed by atoms with Gasteiger partial charge >= 0.3 is 0 Å². The number of rotatable bonds is 5. The Balaban J connectivity index is 0.00000300. The molecule has 0 bridgehead atoms. The molecule has 2 aliphatic rings. The van der Waals surface area contributed by atoms with Crippen molar-refractivity contribution >= 4 is 35.8 Å². The molecule has 2 aliphatic heterocycles. The Bertz CT molecular complexity index is 667. The molecule has 3 rings (SSSR count). The van der Waals surface area contributed by atoms with E-state index in [-0.39, 0.29) is 42.1 Å². The van der Waals surface area contributed by atoms with Gasteiger partial charge in [0.2, 0.25) is 0 Å². The summed E-state index contributed by atoms with van der Waals surface area (Å²) in [6.45, 7) is 8.42. The molecule has 1 amide bonds. The summed E-state index contributed by atoms with van der Waals surface area (Å²) < 4.78 is 11.2. The summed E-state index contributed by atoms with van der Waals surface area (Å²) in [6, 6.07) is 8.12. The highest BCUT2D eigenvalue weighted by molar-refractivity contribution is 14.0. The Hall–Kier alpha value is -1.55. The zero-order chi connectivity index (χ0) is 19.9. The van der Waals surface area contributed by atoms with E-state index >= 15 is 0 Å². The van der Waals surface area contributed by atoms with E-state index in [4.69, 9.17) is 9.47 Å². The van der Waals surface area contributed by atoms with Crippen molar-refractivity contribution in [3.63, 3.8) is 0 Å². The maximum Gasteiger partial charge on any atom is 0.251 e. The highest BCUT2D eigenvalue weighted by Gasteiger charge is 2.30. The van der Waals surface area contributed by atoms with Crippen LogP contribution in [0.1, 0.15) is 32.3 Å². The number of carbonyl (C=O) groups excluding carboxylic acids is 1. The molecule has 162 valence electrons. The quantitative estimate of drug-likeness (QED) is 0.370. The van der Waals surface area contributed by atoms with E-state index in [2.05, 4.69) is 27.3 Å². The molecule has 1 aromatic rings. The first kappa shape index (κ1) is 23.7. The molecule has 1 unspecified atom stereocenters.